The molecular weight excluding hydrogens is 420 g/mol. The van der Waals surface area contributed by atoms with Crippen molar-refractivity contribution in [3.8, 4) is 5.75 Å². The van der Waals surface area contributed by atoms with Crippen LogP contribution in [0.5, 0.6) is 5.75 Å². The van der Waals surface area contributed by atoms with Gasteiger partial charge in [-0.1, -0.05) is 72.8 Å². The predicted molar refractivity (Wildman–Crippen MR) is 139 cm³/mol. The van der Waals surface area contributed by atoms with Crippen molar-refractivity contribution in [2.75, 3.05) is 31.7 Å². The van der Waals surface area contributed by atoms with Gasteiger partial charge in [0.05, 0.1) is 12.3 Å². The number of hydrogen-bond acceptors (Lipinski definition) is 4. The lowest BCUT2D eigenvalue weighted by atomic mass is 9.79. The third kappa shape index (κ3) is 4.98. The Morgan fingerprint density at radius 1 is 0.912 bits per heavy atom. The molecule has 4 heteroatoms. The molecule has 2 N–H and O–H groups in total. The maximum Gasteiger partial charge on any atom is 0.142 e. The Morgan fingerprint density at radius 2 is 1.53 bits per heavy atom. The average molecular weight is 457 g/mol. The SMILES string of the molecule is CN(c1ccccc1OCC1CC1)C1C(CCO)CNC1C(c1ccccc1)c1ccccc1. The number of nitrogens with one attached hydrogen (secondary N) is 1. The zero-order valence-corrected chi connectivity index (χ0v) is 20.0. The van der Waals surface area contributed by atoms with Crippen LogP contribution < -0.4 is 15.0 Å². The summed E-state index contributed by atoms with van der Waals surface area (Å²) in [6.45, 7) is 1.89. The minimum absolute atomic E-state index is 0.197. The molecular formula is C30H36N2O2. The van der Waals surface area contributed by atoms with Crippen LogP contribution in [0.25, 0.3) is 0 Å². The fourth-order valence-electron chi connectivity index (χ4n) is 5.58. The fraction of sp³-hybridized carbons (Fsp3) is 0.400. The average Bonchev–Trinajstić information content (AvgIpc) is 3.64. The van der Waals surface area contributed by atoms with Gasteiger partial charge < -0.3 is 20.1 Å². The largest absolute Gasteiger partial charge is 0.491 e. The molecule has 1 saturated carbocycles. The van der Waals surface area contributed by atoms with Crippen LogP contribution in [0.3, 0.4) is 0 Å². The lowest BCUT2D eigenvalue weighted by Gasteiger charge is -2.39. The van der Waals surface area contributed by atoms with Crippen LogP contribution in [0.1, 0.15) is 36.3 Å². The Balaban J connectivity index is 1.51. The molecule has 178 valence electrons. The van der Waals surface area contributed by atoms with Crippen molar-refractivity contribution in [1.82, 2.24) is 5.32 Å². The highest BCUT2D eigenvalue weighted by molar-refractivity contribution is 5.59. The van der Waals surface area contributed by atoms with Crippen molar-refractivity contribution in [1.29, 1.82) is 0 Å². The quantitative estimate of drug-likeness (QED) is 0.446. The normalized spacial score (nSPS) is 22.1. The van der Waals surface area contributed by atoms with Crippen molar-refractivity contribution in [2.24, 2.45) is 11.8 Å². The molecule has 0 radical (unpaired) electrons. The third-order valence-electron chi connectivity index (χ3n) is 7.51. The molecule has 4 nitrogen and oxygen atoms in total. The molecule has 3 unspecified atom stereocenters. The van der Waals surface area contributed by atoms with E-state index < -0.39 is 0 Å². The summed E-state index contributed by atoms with van der Waals surface area (Å²) in [5.74, 6) is 2.22. The lowest BCUT2D eigenvalue weighted by Crippen LogP contribution is -2.48. The number of hydrogen-bond donors (Lipinski definition) is 2. The van der Waals surface area contributed by atoms with Gasteiger partial charge in [-0.05, 0) is 54.4 Å². The number of nitrogens with zero attached hydrogens (tertiary/aromatic N) is 1. The summed E-state index contributed by atoms with van der Waals surface area (Å²) >= 11 is 0. The van der Waals surface area contributed by atoms with Crippen LogP contribution in [-0.2, 0) is 0 Å². The molecule has 5 rings (SSSR count). The van der Waals surface area contributed by atoms with Gasteiger partial charge in [-0.3, -0.25) is 0 Å². The first kappa shape index (κ1) is 22.9. The van der Waals surface area contributed by atoms with Crippen LogP contribution in [0.2, 0.25) is 0 Å². The van der Waals surface area contributed by atoms with Crippen LogP contribution in [0.4, 0.5) is 5.69 Å². The first-order valence-electron chi connectivity index (χ1n) is 12.6. The number of anilines is 1. The molecule has 1 aliphatic heterocycles. The first-order chi connectivity index (χ1) is 16.8. The summed E-state index contributed by atoms with van der Waals surface area (Å²) in [6, 6.07) is 30.5. The Morgan fingerprint density at radius 3 is 2.15 bits per heavy atom. The Hall–Kier alpha value is -2.82. The van der Waals surface area contributed by atoms with E-state index >= 15 is 0 Å². The van der Waals surface area contributed by atoms with E-state index in [2.05, 4.69) is 102 Å². The third-order valence-corrected chi connectivity index (χ3v) is 7.51. The van der Waals surface area contributed by atoms with Crippen molar-refractivity contribution < 1.29 is 9.84 Å². The smallest absolute Gasteiger partial charge is 0.142 e. The van der Waals surface area contributed by atoms with Crippen LogP contribution in [-0.4, -0.2) is 44.0 Å². The maximum atomic E-state index is 9.89. The first-order valence-corrected chi connectivity index (χ1v) is 12.6. The number of benzene rings is 3. The summed E-state index contributed by atoms with van der Waals surface area (Å²) in [5, 5.41) is 13.8. The number of aliphatic hydroxyl groups is 1. The second-order valence-electron chi connectivity index (χ2n) is 9.83. The molecule has 34 heavy (non-hydrogen) atoms. The summed E-state index contributed by atoms with van der Waals surface area (Å²) in [4.78, 5) is 2.41. The number of para-hydroxylation sites is 2. The second kappa shape index (κ2) is 10.6. The van der Waals surface area contributed by atoms with E-state index in [4.69, 9.17) is 4.74 Å². The van der Waals surface area contributed by atoms with Gasteiger partial charge >= 0.3 is 0 Å². The molecule has 3 aromatic rings. The van der Waals surface area contributed by atoms with E-state index in [9.17, 15) is 5.11 Å². The van der Waals surface area contributed by atoms with Crippen LogP contribution in [0.15, 0.2) is 84.9 Å². The summed E-state index contributed by atoms with van der Waals surface area (Å²) in [6.07, 6.45) is 3.34. The summed E-state index contributed by atoms with van der Waals surface area (Å²) in [7, 11) is 2.20. The maximum absolute atomic E-state index is 9.89. The van der Waals surface area contributed by atoms with Crippen molar-refractivity contribution in [3.63, 3.8) is 0 Å². The highest BCUT2D eigenvalue weighted by Crippen LogP contribution is 2.40. The highest BCUT2D eigenvalue weighted by Gasteiger charge is 2.43. The van der Waals surface area contributed by atoms with E-state index in [1.54, 1.807) is 0 Å². The van der Waals surface area contributed by atoms with E-state index in [-0.39, 0.29) is 24.6 Å². The summed E-state index contributed by atoms with van der Waals surface area (Å²) < 4.78 is 6.29. The summed E-state index contributed by atoms with van der Waals surface area (Å²) in [5.41, 5.74) is 3.75. The van der Waals surface area contributed by atoms with Gasteiger partial charge in [-0.25, -0.2) is 0 Å². The van der Waals surface area contributed by atoms with E-state index in [0.717, 1.165) is 31.0 Å². The molecule has 2 fully saturated rings. The van der Waals surface area contributed by atoms with Gasteiger partial charge in [0.15, 0.2) is 0 Å². The standard InChI is InChI=1S/C30H36N2O2/c1-32(26-14-8-9-15-27(26)34-21-22-16-17-22)30-25(18-19-33)20-31-29(30)28(23-10-4-2-5-11-23)24-12-6-3-7-13-24/h2-15,22,25,28-31,33H,16-21H2,1H3. The van der Waals surface area contributed by atoms with Crippen molar-refractivity contribution in [3.05, 3.63) is 96.1 Å². The molecule has 3 atom stereocenters. The molecule has 1 saturated heterocycles. The second-order valence-corrected chi connectivity index (χ2v) is 9.83. The predicted octanol–water partition coefficient (Wildman–Crippen LogP) is 5.08. The van der Waals surface area contributed by atoms with Gasteiger partial charge in [-0.15, -0.1) is 0 Å². The van der Waals surface area contributed by atoms with E-state index in [1.807, 2.05) is 0 Å². The fourth-order valence-corrected chi connectivity index (χ4v) is 5.58. The molecule has 1 heterocycles. The van der Waals surface area contributed by atoms with Gasteiger partial charge in [0.2, 0.25) is 0 Å². The van der Waals surface area contributed by atoms with Crippen molar-refractivity contribution >= 4 is 5.69 Å². The lowest BCUT2D eigenvalue weighted by molar-refractivity contribution is 0.251. The molecule has 2 aliphatic rings. The molecule has 0 spiro atoms. The Kier molecular flexibility index (Phi) is 7.17. The molecule has 0 aromatic heterocycles. The van der Waals surface area contributed by atoms with E-state index in [0.29, 0.717) is 11.8 Å². The van der Waals surface area contributed by atoms with Gasteiger partial charge in [-0.2, -0.15) is 0 Å². The Labute approximate surface area is 203 Å². The number of ether oxygens (including phenoxy) is 1. The zero-order chi connectivity index (χ0) is 23.3. The van der Waals surface area contributed by atoms with Crippen molar-refractivity contribution in [2.45, 2.75) is 37.3 Å². The minimum atomic E-state index is 0.197. The molecule has 1 aliphatic carbocycles. The molecule has 3 aromatic carbocycles. The topological polar surface area (TPSA) is 44.7 Å². The number of rotatable bonds is 10. The number of likely N-dealkylation sites (N-methyl/N-ethyl adjacent to an activating group) is 1. The number of aliphatic hydroxyl groups excluding tert-OH is 1. The van der Waals surface area contributed by atoms with E-state index in [1.165, 1.54) is 24.0 Å². The molecule has 0 amide bonds. The van der Waals surface area contributed by atoms with Gasteiger partial charge in [0.25, 0.3) is 0 Å². The van der Waals surface area contributed by atoms with Crippen LogP contribution >= 0.6 is 0 Å². The van der Waals surface area contributed by atoms with Crippen LogP contribution in [0, 0.1) is 11.8 Å². The van der Waals surface area contributed by atoms with Gasteiger partial charge in [0, 0.05) is 38.2 Å². The highest BCUT2D eigenvalue weighted by atomic mass is 16.5. The Bertz CT molecular complexity index is 998. The monoisotopic (exact) mass is 456 g/mol. The minimum Gasteiger partial charge on any atom is -0.491 e. The van der Waals surface area contributed by atoms with Gasteiger partial charge in [0.1, 0.15) is 5.75 Å². The molecule has 0 bridgehead atoms. The zero-order valence-electron chi connectivity index (χ0n) is 20.0.